The summed E-state index contributed by atoms with van der Waals surface area (Å²) in [5, 5.41) is 0.710. The molecule has 0 radical (unpaired) electrons. The Morgan fingerprint density at radius 3 is 2.50 bits per heavy atom. The normalized spacial score (nSPS) is 21.5. The molecule has 0 aromatic rings. The van der Waals surface area contributed by atoms with Crippen LogP contribution in [0.4, 0.5) is 13.2 Å². The summed E-state index contributed by atoms with van der Waals surface area (Å²) in [6.07, 6.45) is -5.09. The van der Waals surface area contributed by atoms with Crippen LogP contribution in [0.15, 0.2) is 0 Å². The van der Waals surface area contributed by atoms with E-state index in [1.54, 1.807) is 0 Å². The molecule has 0 N–H and O–H groups in total. The molecule has 0 spiro atoms. The minimum atomic E-state index is -5.09. The molecule has 1 atom stereocenters. The standard InChI is InChI=1S/C9H13F3N2O4/c1-13(2)7(15)6-5-17-4-3-14(6)18-8(16)9(10,11)12/h6H,3-5H2,1-2H3/t6-/m0/s1. The average molecular weight is 270 g/mol. The summed E-state index contributed by atoms with van der Waals surface area (Å²) < 4.78 is 41.2. The predicted molar refractivity (Wildman–Crippen MR) is 52.2 cm³/mol. The second-order valence-electron chi connectivity index (χ2n) is 3.84. The topological polar surface area (TPSA) is 59.1 Å². The zero-order valence-electron chi connectivity index (χ0n) is 9.86. The van der Waals surface area contributed by atoms with Gasteiger partial charge in [-0.3, -0.25) is 4.79 Å². The van der Waals surface area contributed by atoms with E-state index < -0.39 is 24.1 Å². The maximum absolute atomic E-state index is 12.1. The zero-order chi connectivity index (χ0) is 13.9. The second kappa shape index (κ2) is 5.53. The summed E-state index contributed by atoms with van der Waals surface area (Å²) in [6, 6.07) is -1.06. The van der Waals surface area contributed by atoms with Gasteiger partial charge in [0.25, 0.3) is 0 Å². The van der Waals surface area contributed by atoms with E-state index in [4.69, 9.17) is 4.74 Å². The fraction of sp³-hybridized carbons (Fsp3) is 0.778. The molecule has 1 rings (SSSR count). The summed E-state index contributed by atoms with van der Waals surface area (Å²) in [4.78, 5) is 27.8. The lowest BCUT2D eigenvalue weighted by Crippen LogP contribution is -2.54. The molecule has 0 aromatic heterocycles. The molecule has 6 nitrogen and oxygen atoms in total. The van der Waals surface area contributed by atoms with Crippen LogP contribution >= 0.6 is 0 Å². The van der Waals surface area contributed by atoms with Gasteiger partial charge in [-0.15, -0.1) is 5.06 Å². The third-order valence-corrected chi connectivity index (χ3v) is 2.24. The molecule has 18 heavy (non-hydrogen) atoms. The molecular formula is C9H13F3N2O4. The van der Waals surface area contributed by atoms with Crippen LogP contribution in [0.5, 0.6) is 0 Å². The SMILES string of the molecule is CN(C)C(=O)[C@@H]1COCCN1OC(=O)C(F)(F)F. The number of ether oxygens (including phenoxy) is 1. The molecule has 0 saturated carbocycles. The number of likely N-dealkylation sites (N-methyl/N-ethyl adjacent to an activating group) is 1. The lowest BCUT2D eigenvalue weighted by atomic mass is 10.2. The van der Waals surface area contributed by atoms with Crippen LogP contribution in [0.3, 0.4) is 0 Å². The quantitative estimate of drug-likeness (QED) is 0.695. The lowest BCUT2D eigenvalue weighted by molar-refractivity contribution is -0.258. The second-order valence-corrected chi connectivity index (χ2v) is 3.84. The first-order chi connectivity index (χ1) is 8.23. The summed E-state index contributed by atoms with van der Waals surface area (Å²) in [6.45, 7) is -0.128. The molecule has 1 fully saturated rings. The van der Waals surface area contributed by atoms with Crippen molar-refractivity contribution < 1.29 is 32.3 Å². The van der Waals surface area contributed by atoms with E-state index >= 15 is 0 Å². The Hall–Kier alpha value is -1.35. The molecule has 1 heterocycles. The van der Waals surface area contributed by atoms with Crippen molar-refractivity contribution in [1.29, 1.82) is 0 Å². The average Bonchev–Trinajstić information content (AvgIpc) is 2.27. The van der Waals surface area contributed by atoms with Crippen LogP contribution in [-0.4, -0.2) is 67.9 Å². The van der Waals surface area contributed by atoms with Gasteiger partial charge in [0, 0.05) is 14.1 Å². The largest absolute Gasteiger partial charge is 0.492 e. The molecule has 0 bridgehead atoms. The van der Waals surface area contributed by atoms with Gasteiger partial charge in [0.05, 0.1) is 19.8 Å². The van der Waals surface area contributed by atoms with Crippen LogP contribution in [0.25, 0.3) is 0 Å². The number of nitrogens with zero attached hydrogens (tertiary/aromatic N) is 2. The number of hydrogen-bond acceptors (Lipinski definition) is 5. The van der Waals surface area contributed by atoms with E-state index in [2.05, 4.69) is 4.84 Å². The number of rotatable bonds is 2. The van der Waals surface area contributed by atoms with Crippen LogP contribution in [-0.2, 0) is 19.2 Å². The van der Waals surface area contributed by atoms with Gasteiger partial charge in [0.2, 0.25) is 5.91 Å². The van der Waals surface area contributed by atoms with Crippen molar-refractivity contribution in [2.45, 2.75) is 12.2 Å². The molecule has 0 aliphatic carbocycles. The molecule has 1 aliphatic heterocycles. The summed E-state index contributed by atoms with van der Waals surface area (Å²) in [5.74, 6) is -2.84. The Bertz CT molecular complexity index is 332. The van der Waals surface area contributed by atoms with Gasteiger partial charge in [-0.1, -0.05) is 0 Å². The molecule has 0 aromatic carbocycles. The third kappa shape index (κ3) is 3.57. The zero-order valence-corrected chi connectivity index (χ0v) is 9.86. The highest BCUT2D eigenvalue weighted by Gasteiger charge is 2.44. The molecule has 1 amide bonds. The van der Waals surface area contributed by atoms with E-state index in [1.165, 1.54) is 19.0 Å². The minimum Gasteiger partial charge on any atom is -0.378 e. The van der Waals surface area contributed by atoms with Crippen molar-refractivity contribution in [3.05, 3.63) is 0 Å². The maximum atomic E-state index is 12.1. The predicted octanol–water partition coefficient (Wildman–Crippen LogP) is -0.204. The van der Waals surface area contributed by atoms with Crippen LogP contribution < -0.4 is 0 Å². The van der Waals surface area contributed by atoms with Gasteiger partial charge in [-0.05, 0) is 0 Å². The first-order valence-electron chi connectivity index (χ1n) is 5.08. The summed E-state index contributed by atoms with van der Waals surface area (Å²) in [7, 11) is 2.89. The Balaban J connectivity index is 2.72. The van der Waals surface area contributed by atoms with E-state index in [0.29, 0.717) is 5.06 Å². The van der Waals surface area contributed by atoms with E-state index in [9.17, 15) is 22.8 Å². The minimum absolute atomic E-state index is 0.0857. The monoisotopic (exact) mass is 270 g/mol. The molecular weight excluding hydrogens is 257 g/mol. The fourth-order valence-electron chi connectivity index (χ4n) is 1.35. The van der Waals surface area contributed by atoms with Crippen molar-refractivity contribution in [1.82, 2.24) is 9.96 Å². The van der Waals surface area contributed by atoms with Crippen molar-refractivity contribution in [2.75, 3.05) is 33.9 Å². The van der Waals surface area contributed by atoms with E-state index in [0.717, 1.165) is 0 Å². The van der Waals surface area contributed by atoms with Crippen LogP contribution in [0.2, 0.25) is 0 Å². The van der Waals surface area contributed by atoms with Gasteiger partial charge < -0.3 is 14.5 Å². The first-order valence-corrected chi connectivity index (χ1v) is 5.08. The summed E-state index contributed by atoms with van der Waals surface area (Å²) >= 11 is 0. The van der Waals surface area contributed by atoms with Crippen LogP contribution in [0.1, 0.15) is 0 Å². The van der Waals surface area contributed by atoms with Gasteiger partial charge in [0.15, 0.2) is 0 Å². The highest BCUT2D eigenvalue weighted by Crippen LogP contribution is 2.19. The van der Waals surface area contributed by atoms with Crippen molar-refractivity contribution in [3.8, 4) is 0 Å². The third-order valence-electron chi connectivity index (χ3n) is 2.24. The number of morpholine rings is 1. The number of hydroxylamine groups is 2. The number of amides is 1. The Morgan fingerprint density at radius 1 is 1.39 bits per heavy atom. The van der Waals surface area contributed by atoms with Gasteiger partial charge >= 0.3 is 12.1 Å². The number of carbonyl (C=O) groups is 2. The van der Waals surface area contributed by atoms with Gasteiger partial charge in [-0.2, -0.15) is 13.2 Å². The highest BCUT2D eigenvalue weighted by atomic mass is 19.4. The van der Waals surface area contributed by atoms with E-state index in [-0.39, 0.29) is 19.8 Å². The lowest BCUT2D eigenvalue weighted by Gasteiger charge is -2.33. The highest BCUT2D eigenvalue weighted by molar-refractivity contribution is 5.82. The van der Waals surface area contributed by atoms with Crippen molar-refractivity contribution in [2.24, 2.45) is 0 Å². The molecule has 1 saturated heterocycles. The van der Waals surface area contributed by atoms with Crippen LogP contribution in [0, 0.1) is 0 Å². The fourth-order valence-corrected chi connectivity index (χ4v) is 1.35. The number of alkyl halides is 3. The molecule has 0 unspecified atom stereocenters. The van der Waals surface area contributed by atoms with Gasteiger partial charge in [0.1, 0.15) is 6.04 Å². The van der Waals surface area contributed by atoms with Crippen molar-refractivity contribution >= 4 is 11.9 Å². The molecule has 104 valence electrons. The number of hydrogen-bond donors (Lipinski definition) is 0. The Labute approximate surface area is 101 Å². The van der Waals surface area contributed by atoms with Gasteiger partial charge in [-0.25, -0.2) is 4.79 Å². The van der Waals surface area contributed by atoms with E-state index in [1.807, 2.05) is 0 Å². The first kappa shape index (κ1) is 14.7. The Morgan fingerprint density at radius 2 is 2.00 bits per heavy atom. The molecule has 1 aliphatic rings. The summed E-state index contributed by atoms with van der Waals surface area (Å²) in [5.41, 5.74) is 0. The Kier molecular flexibility index (Phi) is 4.52. The number of halogens is 3. The van der Waals surface area contributed by atoms with Crippen molar-refractivity contribution in [3.63, 3.8) is 0 Å². The smallest absolute Gasteiger partial charge is 0.378 e. The molecule has 9 heteroatoms. The maximum Gasteiger partial charge on any atom is 0.492 e. The number of carbonyl (C=O) groups excluding carboxylic acids is 2.